The highest BCUT2D eigenvalue weighted by molar-refractivity contribution is 5.26. The molecule has 1 aromatic rings. The molecule has 1 N–H and O–H groups in total. The van der Waals surface area contributed by atoms with Crippen molar-refractivity contribution in [1.29, 1.82) is 0 Å². The quantitative estimate of drug-likeness (QED) is 0.830. The van der Waals surface area contributed by atoms with Gasteiger partial charge in [-0.15, -0.1) is 0 Å². The first-order valence-corrected chi connectivity index (χ1v) is 5.66. The van der Waals surface area contributed by atoms with Crippen LogP contribution in [0.25, 0.3) is 0 Å². The molecule has 1 saturated heterocycles. The lowest BCUT2D eigenvalue weighted by Gasteiger charge is -2.19. The summed E-state index contributed by atoms with van der Waals surface area (Å²) in [5.74, 6) is -0.185. The summed E-state index contributed by atoms with van der Waals surface area (Å²) in [6.07, 6.45) is 0.813. The molecule has 2 rings (SSSR count). The van der Waals surface area contributed by atoms with Gasteiger partial charge < -0.3 is 5.11 Å². The van der Waals surface area contributed by atoms with E-state index in [-0.39, 0.29) is 5.82 Å². The first kappa shape index (κ1) is 11.6. The van der Waals surface area contributed by atoms with Gasteiger partial charge in [-0.25, -0.2) is 4.39 Å². The zero-order valence-electron chi connectivity index (χ0n) is 9.83. The van der Waals surface area contributed by atoms with E-state index in [1.165, 1.54) is 6.07 Å². The highest BCUT2D eigenvalue weighted by Gasteiger charge is 2.31. The molecular weight excluding hydrogens is 205 g/mol. The average molecular weight is 223 g/mol. The molecule has 1 atom stereocenters. The van der Waals surface area contributed by atoms with E-state index in [1.807, 2.05) is 19.9 Å². The van der Waals surface area contributed by atoms with Crippen molar-refractivity contribution in [1.82, 2.24) is 4.90 Å². The van der Waals surface area contributed by atoms with E-state index < -0.39 is 5.60 Å². The van der Waals surface area contributed by atoms with Crippen LogP contribution in [0.1, 0.15) is 24.5 Å². The highest BCUT2D eigenvalue weighted by Crippen LogP contribution is 2.23. The number of aliphatic hydroxyl groups is 1. The Bertz CT molecular complexity index is 390. The summed E-state index contributed by atoms with van der Waals surface area (Å²) in [6, 6.07) is 4.89. The first-order valence-electron chi connectivity index (χ1n) is 5.66. The molecule has 1 aliphatic rings. The van der Waals surface area contributed by atoms with Crippen LogP contribution in [0.4, 0.5) is 4.39 Å². The van der Waals surface area contributed by atoms with Gasteiger partial charge in [0.1, 0.15) is 5.82 Å². The number of likely N-dealkylation sites (tertiary alicyclic amines) is 1. The fraction of sp³-hybridized carbons (Fsp3) is 0.538. The van der Waals surface area contributed by atoms with Crippen molar-refractivity contribution < 1.29 is 9.50 Å². The number of rotatable bonds is 2. The van der Waals surface area contributed by atoms with E-state index >= 15 is 0 Å². The van der Waals surface area contributed by atoms with Gasteiger partial charge in [0.25, 0.3) is 0 Å². The van der Waals surface area contributed by atoms with Gasteiger partial charge in [-0.2, -0.15) is 0 Å². The summed E-state index contributed by atoms with van der Waals surface area (Å²) in [4.78, 5) is 2.21. The summed E-state index contributed by atoms with van der Waals surface area (Å²) in [5, 5.41) is 9.85. The number of aryl methyl sites for hydroxylation is 1. The van der Waals surface area contributed by atoms with Crippen LogP contribution in [-0.4, -0.2) is 28.7 Å². The third-order valence-electron chi connectivity index (χ3n) is 3.23. The Morgan fingerprint density at radius 3 is 2.81 bits per heavy atom. The Balaban J connectivity index is 2.05. The predicted molar refractivity (Wildman–Crippen MR) is 61.7 cm³/mol. The highest BCUT2D eigenvalue weighted by atomic mass is 19.1. The molecule has 0 amide bonds. The lowest BCUT2D eigenvalue weighted by Crippen LogP contribution is -2.29. The standard InChI is InChI=1S/C13H18FNO/c1-10-7-12(14)4-3-11(10)8-15-6-5-13(2,16)9-15/h3-4,7,16H,5-6,8-9H2,1-2H3. The Kier molecular flexibility index (Phi) is 3.00. The van der Waals surface area contributed by atoms with Gasteiger partial charge >= 0.3 is 0 Å². The SMILES string of the molecule is Cc1cc(F)ccc1CN1CCC(C)(O)C1. The zero-order chi connectivity index (χ0) is 11.8. The van der Waals surface area contributed by atoms with Crippen LogP contribution in [0.3, 0.4) is 0 Å². The van der Waals surface area contributed by atoms with Crippen LogP contribution in [0.15, 0.2) is 18.2 Å². The predicted octanol–water partition coefficient (Wildman–Crippen LogP) is 2.09. The molecule has 1 aliphatic heterocycles. The van der Waals surface area contributed by atoms with Crippen LogP contribution in [0.5, 0.6) is 0 Å². The molecule has 0 aliphatic carbocycles. The molecule has 2 nitrogen and oxygen atoms in total. The van der Waals surface area contributed by atoms with Crippen molar-refractivity contribution in [2.75, 3.05) is 13.1 Å². The number of β-amino-alcohol motifs (C(OH)–C–C–N with tert-alkyl or cyclic N) is 1. The number of nitrogens with zero attached hydrogens (tertiary/aromatic N) is 1. The van der Waals surface area contributed by atoms with Crippen LogP contribution in [0.2, 0.25) is 0 Å². The molecule has 0 aromatic heterocycles. The van der Waals surface area contributed by atoms with Crippen molar-refractivity contribution >= 4 is 0 Å². The van der Waals surface area contributed by atoms with Crippen molar-refractivity contribution in [3.8, 4) is 0 Å². The summed E-state index contributed by atoms with van der Waals surface area (Å²) >= 11 is 0. The number of benzene rings is 1. The molecule has 1 unspecified atom stereocenters. The summed E-state index contributed by atoms with van der Waals surface area (Å²) in [6.45, 7) is 6.19. The number of hydrogen-bond acceptors (Lipinski definition) is 2. The maximum absolute atomic E-state index is 12.9. The molecule has 16 heavy (non-hydrogen) atoms. The number of halogens is 1. The molecule has 1 heterocycles. The van der Waals surface area contributed by atoms with Gasteiger partial charge in [-0.1, -0.05) is 6.07 Å². The minimum Gasteiger partial charge on any atom is -0.389 e. The zero-order valence-corrected chi connectivity index (χ0v) is 9.83. The molecule has 0 saturated carbocycles. The second kappa shape index (κ2) is 4.15. The first-order chi connectivity index (χ1) is 7.46. The third kappa shape index (κ3) is 2.60. The smallest absolute Gasteiger partial charge is 0.123 e. The maximum Gasteiger partial charge on any atom is 0.123 e. The van der Waals surface area contributed by atoms with E-state index in [2.05, 4.69) is 4.90 Å². The van der Waals surface area contributed by atoms with Crippen molar-refractivity contribution in [3.63, 3.8) is 0 Å². The van der Waals surface area contributed by atoms with E-state index in [9.17, 15) is 9.50 Å². The second-order valence-electron chi connectivity index (χ2n) is 5.03. The largest absolute Gasteiger partial charge is 0.389 e. The molecule has 1 aromatic carbocycles. The molecule has 3 heteroatoms. The van der Waals surface area contributed by atoms with Gasteiger partial charge in [0.2, 0.25) is 0 Å². The van der Waals surface area contributed by atoms with E-state index in [0.29, 0.717) is 6.54 Å². The second-order valence-corrected chi connectivity index (χ2v) is 5.03. The fourth-order valence-electron chi connectivity index (χ4n) is 2.25. The molecule has 1 fully saturated rings. The van der Waals surface area contributed by atoms with E-state index in [1.54, 1.807) is 6.07 Å². The van der Waals surface area contributed by atoms with Crippen molar-refractivity contribution in [2.24, 2.45) is 0 Å². The molecule has 88 valence electrons. The molecule has 0 bridgehead atoms. The third-order valence-corrected chi connectivity index (χ3v) is 3.23. The topological polar surface area (TPSA) is 23.5 Å². The van der Waals surface area contributed by atoms with Crippen LogP contribution < -0.4 is 0 Å². The van der Waals surface area contributed by atoms with Crippen molar-refractivity contribution in [2.45, 2.75) is 32.4 Å². The summed E-state index contributed by atoms with van der Waals surface area (Å²) in [5.41, 5.74) is 1.55. The number of hydrogen-bond donors (Lipinski definition) is 1. The fourth-order valence-corrected chi connectivity index (χ4v) is 2.25. The van der Waals surface area contributed by atoms with Crippen LogP contribution >= 0.6 is 0 Å². The Hall–Kier alpha value is -0.930. The van der Waals surface area contributed by atoms with Gasteiger partial charge in [-0.3, -0.25) is 4.90 Å². The Morgan fingerprint density at radius 1 is 1.50 bits per heavy atom. The minimum atomic E-state index is -0.562. The van der Waals surface area contributed by atoms with Gasteiger partial charge in [0.05, 0.1) is 5.60 Å². The average Bonchev–Trinajstić information content (AvgIpc) is 2.51. The molecule has 0 spiro atoms. The summed E-state index contributed by atoms with van der Waals surface area (Å²) < 4.78 is 12.9. The molecular formula is C13H18FNO. The Morgan fingerprint density at radius 2 is 2.25 bits per heavy atom. The lowest BCUT2D eigenvalue weighted by molar-refractivity contribution is 0.0678. The maximum atomic E-state index is 12.9. The van der Waals surface area contributed by atoms with Gasteiger partial charge in [0, 0.05) is 19.6 Å². The van der Waals surface area contributed by atoms with Crippen LogP contribution in [-0.2, 0) is 6.54 Å². The van der Waals surface area contributed by atoms with Gasteiger partial charge in [0.15, 0.2) is 0 Å². The molecule has 0 radical (unpaired) electrons. The van der Waals surface area contributed by atoms with Crippen LogP contribution in [0, 0.1) is 12.7 Å². The monoisotopic (exact) mass is 223 g/mol. The van der Waals surface area contributed by atoms with E-state index in [0.717, 1.165) is 30.6 Å². The van der Waals surface area contributed by atoms with Crippen molar-refractivity contribution in [3.05, 3.63) is 35.1 Å². The summed E-state index contributed by atoms with van der Waals surface area (Å²) in [7, 11) is 0. The van der Waals surface area contributed by atoms with E-state index in [4.69, 9.17) is 0 Å². The Labute approximate surface area is 95.7 Å². The van der Waals surface area contributed by atoms with Gasteiger partial charge in [-0.05, 0) is 43.5 Å². The normalized spacial score (nSPS) is 26.2. The minimum absolute atomic E-state index is 0.185. The lowest BCUT2D eigenvalue weighted by atomic mass is 10.1.